The van der Waals surface area contributed by atoms with E-state index in [1.165, 1.54) is 12.8 Å². The van der Waals surface area contributed by atoms with E-state index in [4.69, 9.17) is 5.14 Å². The number of benzene rings is 1. The zero-order valence-corrected chi connectivity index (χ0v) is 12.5. The van der Waals surface area contributed by atoms with E-state index in [-0.39, 0.29) is 4.90 Å². The molecule has 2 aliphatic rings. The minimum atomic E-state index is -3.65. The molecule has 0 bridgehead atoms. The first kappa shape index (κ1) is 13.9. The van der Waals surface area contributed by atoms with E-state index in [2.05, 4.69) is 10.2 Å². The molecule has 1 saturated heterocycles. The van der Waals surface area contributed by atoms with Gasteiger partial charge in [0.1, 0.15) is 0 Å². The third-order valence-electron chi connectivity index (χ3n) is 4.23. The van der Waals surface area contributed by atoms with Crippen molar-refractivity contribution in [2.45, 2.75) is 43.2 Å². The molecular weight excluding hydrogens is 274 g/mol. The quantitative estimate of drug-likeness (QED) is 0.877. The normalized spacial score (nSPS) is 24.0. The summed E-state index contributed by atoms with van der Waals surface area (Å²) in [6.07, 6.45) is 3.76. The number of sulfonamides is 1. The lowest BCUT2D eigenvalue weighted by Gasteiger charge is -2.18. The van der Waals surface area contributed by atoms with Crippen molar-refractivity contribution in [2.75, 3.05) is 18.4 Å². The van der Waals surface area contributed by atoms with Crippen LogP contribution >= 0.6 is 0 Å². The second-order valence-corrected chi connectivity index (χ2v) is 7.36. The molecule has 0 aromatic heterocycles. The van der Waals surface area contributed by atoms with Crippen molar-refractivity contribution in [3.63, 3.8) is 0 Å². The zero-order chi connectivity index (χ0) is 14.3. The average molecular weight is 295 g/mol. The SMILES string of the molecule is Cc1c(NC2CCN(C3CC3)C2)cccc1S(N)(=O)=O. The van der Waals surface area contributed by atoms with Gasteiger partial charge in [-0.05, 0) is 43.9 Å². The first-order valence-electron chi connectivity index (χ1n) is 7.08. The molecule has 3 rings (SSSR count). The summed E-state index contributed by atoms with van der Waals surface area (Å²) in [7, 11) is -3.65. The molecule has 5 nitrogen and oxygen atoms in total. The largest absolute Gasteiger partial charge is 0.381 e. The molecule has 1 aromatic rings. The molecule has 1 aromatic carbocycles. The van der Waals surface area contributed by atoms with Crippen molar-refractivity contribution in [3.05, 3.63) is 23.8 Å². The van der Waals surface area contributed by atoms with Gasteiger partial charge in [0.05, 0.1) is 4.90 Å². The van der Waals surface area contributed by atoms with Crippen molar-refractivity contribution in [2.24, 2.45) is 5.14 Å². The van der Waals surface area contributed by atoms with Gasteiger partial charge in [0.15, 0.2) is 0 Å². The number of nitrogens with one attached hydrogen (secondary N) is 1. The smallest absolute Gasteiger partial charge is 0.238 e. The number of hydrogen-bond donors (Lipinski definition) is 2. The monoisotopic (exact) mass is 295 g/mol. The highest BCUT2D eigenvalue weighted by atomic mass is 32.2. The number of anilines is 1. The summed E-state index contributed by atoms with van der Waals surface area (Å²) in [5.41, 5.74) is 1.58. The van der Waals surface area contributed by atoms with Crippen LogP contribution in [0.2, 0.25) is 0 Å². The lowest BCUT2D eigenvalue weighted by Crippen LogP contribution is -2.28. The Bertz CT molecular complexity index is 611. The minimum Gasteiger partial charge on any atom is -0.381 e. The van der Waals surface area contributed by atoms with Crippen LogP contribution in [-0.4, -0.2) is 38.5 Å². The molecule has 0 spiro atoms. The molecule has 2 fully saturated rings. The van der Waals surface area contributed by atoms with E-state index in [1.807, 2.05) is 6.07 Å². The topological polar surface area (TPSA) is 75.4 Å². The van der Waals surface area contributed by atoms with Gasteiger partial charge in [-0.15, -0.1) is 0 Å². The van der Waals surface area contributed by atoms with E-state index in [0.29, 0.717) is 11.6 Å². The van der Waals surface area contributed by atoms with Gasteiger partial charge in [0.25, 0.3) is 0 Å². The molecule has 1 heterocycles. The van der Waals surface area contributed by atoms with Crippen LogP contribution in [0.3, 0.4) is 0 Å². The molecule has 0 amide bonds. The fourth-order valence-corrected chi connectivity index (χ4v) is 3.78. The number of rotatable bonds is 4. The van der Waals surface area contributed by atoms with Crippen LogP contribution in [0.1, 0.15) is 24.8 Å². The van der Waals surface area contributed by atoms with Gasteiger partial charge in [-0.3, -0.25) is 4.90 Å². The second-order valence-electron chi connectivity index (χ2n) is 5.83. The number of nitrogens with zero attached hydrogens (tertiary/aromatic N) is 1. The zero-order valence-electron chi connectivity index (χ0n) is 11.7. The lowest BCUT2D eigenvalue weighted by molar-refractivity contribution is 0.326. The maximum atomic E-state index is 11.5. The molecule has 1 aliphatic heterocycles. The van der Waals surface area contributed by atoms with E-state index in [0.717, 1.165) is 31.2 Å². The van der Waals surface area contributed by atoms with Gasteiger partial charge in [0.2, 0.25) is 10.0 Å². The van der Waals surface area contributed by atoms with Gasteiger partial charge in [0, 0.05) is 30.9 Å². The molecule has 1 aliphatic carbocycles. The average Bonchev–Trinajstić information content (AvgIpc) is 3.11. The summed E-state index contributed by atoms with van der Waals surface area (Å²) in [6.45, 7) is 3.98. The summed E-state index contributed by atoms with van der Waals surface area (Å²) < 4.78 is 23.1. The number of likely N-dealkylation sites (tertiary alicyclic amines) is 1. The van der Waals surface area contributed by atoms with Crippen LogP contribution in [0.15, 0.2) is 23.1 Å². The fourth-order valence-electron chi connectivity index (χ4n) is 2.98. The van der Waals surface area contributed by atoms with Crippen molar-refractivity contribution >= 4 is 15.7 Å². The van der Waals surface area contributed by atoms with E-state index >= 15 is 0 Å². The molecule has 1 unspecified atom stereocenters. The van der Waals surface area contributed by atoms with Crippen molar-refractivity contribution in [3.8, 4) is 0 Å². The highest BCUT2D eigenvalue weighted by Crippen LogP contribution is 2.31. The van der Waals surface area contributed by atoms with E-state index < -0.39 is 10.0 Å². The van der Waals surface area contributed by atoms with Crippen LogP contribution in [0.4, 0.5) is 5.69 Å². The molecule has 3 N–H and O–H groups in total. The predicted octanol–water partition coefficient (Wildman–Crippen LogP) is 1.29. The first-order valence-corrected chi connectivity index (χ1v) is 8.63. The number of hydrogen-bond acceptors (Lipinski definition) is 4. The molecule has 110 valence electrons. The van der Waals surface area contributed by atoms with Gasteiger partial charge in [-0.1, -0.05) is 6.07 Å². The van der Waals surface area contributed by atoms with Crippen LogP contribution in [0, 0.1) is 6.92 Å². The lowest BCUT2D eigenvalue weighted by atomic mass is 10.1. The standard InChI is InChI=1S/C14H21N3O2S/c1-10-13(3-2-4-14(10)20(15,18)19)16-11-7-8-17(9-11)12-5-6-12/h2-4,11-12,16H,5-9H2,1H3,(H2,15,18,19). The third-order valence-corrected chi connectivity index (χ3v) is 5.29. The predicted molar refractivity (Wildman–Crippen MR) is 79.2 cm³/mol. The third kappa shape index (κ3) is 2.82. The highest BCUT2D eigenvalue weighted by molar-refractivity contribution is 7.89. The van der Waals surface area contributed by atoms with Crippen molar-refractivity contribution in [1.82, 2.24) is 4.90 Å². The van der Waals surface area contributed by atoms with E-state index in [1.54, 1.807) is 19.1 Å². The van der Waals surface area contributed by atoms with Gasteiger partial charge in [-0.25, -0.2) is 13.6 Å². The Kier molecular flexibility index (Phi) is 3.48. The molecule has 20 heavy (non-hydrogen) atoms. The molecule has 6 heteroatoms. The Morgan fingerprint density at radius 3 is 2.70 bits per heavy atom. The summed E-state index contributed by atoms with van der Waals surface area (Å²) in [5.74, 6) is 0. The molecule has 0 radical (unpaired) electrons. The Balaban J connectivity index is 1.75. The maximum Gasteiger partial charge on any atom is 0.238 e. The summed E-state index contributed by atoms with van der Waals surface area (Å²) in [4.78, 5) is 2.73. The molecule has 1 atom stereocenters. The van der Waals surface area contributed by atoms with Gasteiger partial charge in [-0.2, -0.15) is 0 Å². The van der Waals surface area contributed by atoms with Crippen LogP contribution in [0.5, 0.6) is 0 Å². The van der Waals surface area contributed by atoms with Crippen LogP contribution in [0.25, 0.3) is 0 Å². The van der Waals surface area contributed by atoms with Gasteiger partial charge >= 0.3 is 0 Å². The summed E-state index contributed by atoms with van der Waals surface area (Å²) in [5, 5.41) is 8.71. The molecular formula is C14H21N3O2S. The Hall–Kier alpha value is -1.11. The minimum absolute atomic E-state index is 0.208. The Morgan fingerprint density at radius 2 is 2.05 bits per heavy atom. The number of nitrogens with two attached hydrogens (primary N) is 1. The Labute approximate surface area is 120 Å². The first-order chi connectivity index (χ1) is 9.45. The Morgan fingerprint density at radius 1 is 1.30 bits per heavy atom. The van der Waals surface area contributed by atoms with Crippen molar-refractivity contribution < 1.29 is 8.42 Å². The van der Waals surface area contributed by atoms with Crippen molar-refractivity contribution in [1.29, 1.82) is 0 Å². The fraction of sp³-hybridized carbons (Fsp3) is 0.571. The van der Waals surface area contributed by atoms with Gasteiger partial charge < -0.3 is 5.32 Å². The maximum absolute atomic E-state index is 11.5. The summed E-state index contributed by atoms with van der Waals surface area (Å²) in [6, 6.07) is 6.40. The highest BCUT2D eigenvalue weighted by Gasteiger charge is 2.34. The van der Waals surface area contributed by atoms with Crippen LogP contribution < -0.4 is 10.5 Å². The summed E-state index contributed by atoms with van der Waals surface area (Å²) >= 11 is 0. The van der Waals surface area contributed by atoms with E-state index in [9.17, 15) is 8.42 Å². The molecule has 1 saturated carbocycles. The second kappa shape index (κ2) is 5.02. The van der Waals surface area contributed by atoms with Crippen LogP contribution in [-0.2, 0) is 10.0 Å². The number of primary sulfonamides is 1.